The summed E-state index contributed by atoms with van der Waals surface area (Å²) in [6, 6.07) is 5.32. The molecule has 1 unspecified atom stereocenters. The zero-order chi connectivity index (χ0) is 21.4. The van der Waals surface area contributed by atoms with Gasteiger partial charge in [-0.1, -0.05) is 0 Å². The number of aliphatic hydroxyl groups is 1. The van der Waals surface area contributed by atoms with Gasteiger partial charge in [-0.25, -0.2) is 0 Å². The maximum Gasteiger partial charge on any atom is 0.252 e. The number of carbonyl (C=O) groups excluding carboxylic acids is 2. The van der Waals surface area contributed by atoms with Crippen molar-refractivity contribution in [1.82, 2.24) is 14.7 Å². The zero-order valence-electron chi connectivity index (χ0n) is 16.9. The maximum absolute atomic E-state index is 13.1. The first kappa shape index (κ1) is 20.0. The van der Waals surface area contributed by atoms with Gasteiger partial charge in [0.05, 0.1) is 23.8 Å². The van der Waals surface area contributed by atoms with Crippen LogP contribution in [0.3, 0.4) is 0 Å². The predicted molar refractivity (Wildman–Crippen MR) is 108 cm³/mol. The minimum Gasteiger partial charge on any atom is -0.487 e. The van der Waals surface area contributed by atoms with Crippen LogP contribution in [0.2, 0.25) is 0 Å². The first-order chi connectivity index (χ1) is 14.4. The number of hydrogen-bond donors (Lipinski definition) is 2. The van der Waals surface area contributed by atoms with Crippen molar-refractivity contribution in [2.24, 2.45) is 12.8 Å². The smallest absolute Gasteiger partial charge is 0.252 e. The molecule has 30 heavy (non-hydrogen) atoms. The molecular weight excluding hydrogens is 388 g/mol. The Kier molecular flexibility index (Phi) is 5.21. The molecule has 1 fully saturated rings. The van der Waals surface area contributed by atoms with Gasteiger partial charge in [0.2, 0.25) is 5.91 Å². The molecule has 1 saturated heterocycles. The lowest BCUT2D eigenvalue weighted by atomic mass is 9.91. The van der Waals surface area contributed by atoms with Gasteiger partial charge in [0.25, 0.3) is 5.91 Å². The van der Waals surface area contributed by atoms with Crippen molar-refractivity contribution in [1.29, 1.82) is 0 Å². The quantitative estimate of drug-likeness (QED) is 0.605. The van der Waals surface area contributed by atoms with E-state index in [0.717, 1.165) is 5.69 Å². The molecule has 3 aromatic rings. The number of nitrogens with zero attached hydrogens (tertiary/aromatic N) is 3. The highest BCUT2D eigenvalue weighted by molar-refractivity contribution is 6.09. The van der Waals surface area contributed by atoms with Crippen molar-refractivity contribution in [2.45, 2.75) is 25.9 Å². The summed E-state index contributed by atoms with van der Waals surface area (Å²) in [5.74, 6) is -0.349. The summed E-state index contributed by atoms with van der Waals surface area (Å²) in [6.45, 7) is 2.60. The SMILES string of the molecule is Cc1oc2ccc(OCc3ccnn3C)c(C3CCN(CCO)C3=O)c2c1C(N)=O. The Labute approximate surface area is 173 Å². The largest absolute Gasteiger partial charge is 0.487 e. The van der Waals surface area contributed by atoms with Crippen LogP contribution in [-0.2, 0) is 18.4 Å². The fourth-order valence-corrected chi connectivity index (χ4v) is 4.13. The van der Waals surface area contributed by atoms with Crippen molar-refractivity contribution in [2.75, 3.05) is 19.7 Å². The molecule has 0 radical (unpaired) electrons. The highest BCUT2D eigenvalue weighted by Gasteiger charge is 2.37. The number of ether oxygens (including phenoxy) is 1. The van der Waals surface area contributed by atoms with Crippen LogP contribution in [-0.4, -0.2) is 51.3 Å². The molecule has 9 heteroatoms. The van der Waals surface area contributed by atoms with Crippen molar-refractivity contribution in [3.63, 3.8) is 0 Å². The van der Waals surface area contributed by atoms with Crippen LogP contribution in [0, 0.1) is 6.92 Å². The van der Waals surface area contributed by atoms with E-state index in [1.165, 1.54) is 0 Å². The number of primary amides is 1. The van der Waals surface area contributed by atoms with Crippen molar-refractivity contribution in [3.05, 3.63) is 47.0 Å². The number of carbonyl (C=O) groups is 2. The molecule has 4 rings (SSSR count). The van der Waals surface area contributed by atoms with E-state index in [2.05, 4.69) is 5.10 Å². The number of aromatic nitrogens is 2. The van der Waals surface area contributed by atoms with Crippen LogP contribution < -0.4 is 10.5 Å². The van der Waals surface area contributed by atoms with Gasteiger partial charge in [0.15, 0.2) is 0 Å². The average Bonchev–Trinajstić information content (AvgIpc) is 3.37. The molecule has 0 saturated carbocycles. The molecule has 3 N–H and O–H groups in total. The maximum atomic E-state index is 13.1. The minimum absolute atomic E-state index is 0.107. The second-order valence-electron chi connectivity index (χ2n) is 7.37. The molecule has 0 aliphatic carbocycles. The number of aliphatic hydroxyl groups excluding tert-OH is 1. The molecule has 1 atom stereocenters. The van der Waals surface area contributed by atoms with Gasteiger partial charge in [-0.3, -0.25) is 14.3 Å². The van der Waals surface area contributed by atoms with Gasteiger partial charge in [0.1, 0.15) is 23.7 Å². The number of nitrogens with two attached hydrogens (primary N) is 1. The predicted octanol–water partition coefficient (Wildman–Crippen LogP) is 1.46. The lowest BCUT2D eigenvalue weighted by Crippen LogP contribution is -2.29. The summed E-state index contributed by atoms with van der Waals surface area (Å²) < 4.78 is 13.6. The van der Waals surface area contributed by atoms with Crippen molar-refractivity contribution < 1.29 is 23.8 Å². The van der Waals surface area contributed by atoms with E-state index in [4.69, 9.17) is 14.9 Å². The summed E-state index contributed by atoms with van der Waals surface area (Å²) in [6.07, 6.45) is 2.23. The average molecular weight is 412 g/mol. The molecule has 3 heterocycles. The van der Waals surface area contributed by atoms with Crippen LogP contribution in [0.4, 0.5) is 0 Å². The lowest BCUT2D eigenvalue weighted by Gasteiger charge is -2.19. The first-order valence-electron chi connectivity index (χ1n) is 9.77. The van der Waals surface area contributed by atoms with Crippen molar-refractivity contribution >= 4 is 22.8 Å². The second kappa shape index (κ2) is 7.83. The normalized spacial score (nSPS) is 16.6. The molecule has 158 valence electrons. The number of aryl methyl sites for hydroxylation is 2. The third-order valence-electron chi connectivity index (χ3n) is 5.59. The summed E-state index contributed by atoms with van der Waals surface area (Å²) >= 11 is 0. The van der Waals surface area contributed by atoms with Gasteiger partial charge in [-0.2, -0.15) is 5.10 Å². The Balaban J connectivity index is 1.83. The Hall–Kier alpha value is -3.33. The highest BCUT2D eigenvalue weighted by Crippen LogP contribution is 2.42. The van der Waals surface area contributed by atoms with Gasteiger partial charge >= 0.3 is 0 Å². The van der Waals surface area contributed by atoms with Gasteiger partial charge in [-0.15, -0.1) is 0 Å². The van der Waals surface area contributed by atoms with Crippen LogP contribution in [0.1, 0.15) is 39.7 Å². The minimum atomic E-state index is -0.617. The Morgan fingerprint density at radius 1 is 1.40 bits per heavy atom. The van der Waals surface area contributed by atoms with Gasteiger partial charge in [-0.05, 0) is 31.5 Å². The fourth-order valence-electron chi connectivity index (χ4n) is 4.13. The number of furan rings is 1. The van der Waals surface area contributed by atoms with E-state index in [0.29, 0.717) is 41.0 Å². The molecular formula is C21H24N4O5. The van der Waals surface area contributed by atoms with Crippen LogP contribution >= 0.6 is 0 Å². The van der Waals surface area contributed by atoms with E-state index < -0.39 is 11.8 Å². The monoisotopic (exact) mass is 412 g/mol. The standard InChI is InChI=1S/C21H24N4O5/c1-12-17(20(22)27)19-16(30-12)4-3-15(29-11-13-5-7-23-24(13)2)18(19)14-6-8-25(9-10-26)21(14)28/h3-5,7,14,26H,6,8-11H2,1-2H3,(H2,22,27). The lowest BCUT2D eigenvalue weighted by molar-refractivity contribution is -0.129. The number of benzene rings is 1. The van der Waals surface area contributed by atoms with E-state index >= 15 is 0 Å². The topological polar surface area (TPSA) is 124 Å². The molecule has 1 aliphatic heterocycles. The van der Waals surface area contributed by atoms with E-state index in [1.807, 2.05) is 13.1 Å². The Morgan fingerprint density at radius 2 is 2.20 bits per heavy atom. The molecule has 0 bridgehead atoms. The molecule has 9 nitrogen and oxygen atoms in total. The third-order valence-corrected chi connectivity index (χ3v) is 5.59. The van der Waals surface area contributed by atoms with Crippen LogP contribution in [0.15, 0.2) is 28.8 Å². The number of hydrogen-bond acceptors (Lipinski definition) is 6. The number of fused-ring (bicyclic) bond motifs is 1. The highest BCUT2D eigenvalue weighted by atomic mass is 16.5. The first-order valence-corrected chi connectivity index (χ1v) is 9.77. The summed E-state index contributed by atoms with van der Waals surface area (Å²) in [7, 11) is 1.82. The summed E-state index contributed by atoms with van der Waals surface area (Å²) in [5.41, 5.74) is 7.85. The molecule has 1 aromatic carbocycles. The molecule has 1 aliphatic rings. The molecule has 2 amide bonds. The fraction of sp³-hybridized carbons (Fsp3) is 0.381. The van der Waals surface area contributed by atoms with Crippen LogP contribution in [0.5, 0.6) is 5.75 Å². The van der Waals surface area contributed by atoms with E-state index in [9.17, 15) is 14.7 Å². The Morgan fingerprint density at radius 3 is 2.87 bits per heavy atom. The second-order valence-corrected chi connectivity index (χ2v) is 7.37. The van der Waals surface area contributed by atoms with E-state index in [1.54, 1.807) is 34.8 Å². The Bertz CT molecular complexity index is 1120. The van der Waals surface area contributed by atoms with Crippen LogP contribution in [0.25, 0.3) is 11.0 Å². The van der Waals surface area contributed by atoms with E-state index in [-0.39, 0.29) is 31.2 Å². The number of amides is 2. The number of β-amino-alcohol motifs (C(OH)–C–C–N with tert-alkyl or cyclic N) is 1. The number of rotatable bonds is 7. The molecule has 2 aromatic heterocycles. The zero-order valence-corrected chi connectivity index (χ0v) is 16.9. The summed E-state index contributed by atoms with van der Waals surface area (Å²) in [4.78, 5) is 26.9. The third kappa shape index (κ3) is 3.30. The molecule has 0 spiro atoms. The van der Waals surface area contributed by atoms with Gasteiger partial charge < -0.3 is 24.9 Å². The summed E-state index contributed by atoms with van der Waals surface area (Å²) in [5, 5.41) is 13.9. The van der Waals surface area contributed by atoms with Crippen molar-refractivity contribution in [3.8, 4) is 5.75 Å². The number of likely N-dealkylation sites (tertiary alicyclic amines) is 1. The van der Waals surface area contributed by atoms with Gasteiger partial charge in [0, 0.05) is 37.3 Å².